The maximum atomic E-state index is 12.9. The molecule has 8 nitrogen and oxygen atoms in total. The van der Waals surface area contributed by atoms with Gasteiger partial charge in [0.25, 0.3) is 11.8 Å². The maximum Gasteiger partial charge on any atom is 0.262 e. The molecule has 0 saturated carbocycles. The number of nitrogens with zero attached hydrogens (tertiary/aromatic N) is 1. The zero-order valence-electron chi connectivity index (χ0n) is 18.1. The average Bonchev–Trinajstić information content (AvgIpc) is 3.04. The lowest BCUT2D eigenvalue weighted by Crippen LogP contribution is -2.52. The van der Waals surface area contributed by atoms with E-state index in [9.17, 15) is 19.2 Å². The number of hydrogen-bond acceptors (Lipinski definition) is 5. The predicted octanol–water partition coefficient (Wildman–Crippen LogP) is 2.93. The fraction of sp³-hybridized carbons (Fsp3) is 0.364. The summed E-state index contributed by atoms with van der Waals surface area (Å²) in [5.41, 5.74) is 0.606. The van der Waals surface area contributed by atoms with E-state index < -0.39 is 5.54 Å². The summed E-state index contributed by atoms with van der Waals surface area (Å²) in [5.74, 6) is -0.913. The van der Waals surface area contributed by atoms with Crippen LogP contribution < -0.4 is 16.0 Å². The molecule has 2 aromatic rings. The molecule has 1 fully saturated rings. The summed E-state index contributed by atoms with van der Waals surface area (Å²) in [6.07, 6.45) is 0.280. The second kappa shape index (κ2) is 9.83. The van der Waals surface area contributed by atoms with E-state index in [1.165, 1.54) is 11.3 Å². The molecule has 1 aliphatic heterocycles. The third kappa shape index (κ3) is 5.74. The van der Waals surface area contributed by atoms with E-state index in [1.54, 1.807) is 56.0 Å². The Balaban J connectivity index is 1.66. The third-order valence-corrected chi connectivity index (χ3v) is 6.73. The van der Waals surface area contributed by atoms with Crippen LogP contribution >= 0.6 is 27.3 Å². The van der Waals surface area contributed by atoms with Gasteiger partial charge in [0.1, 0.15) is 5.54 Å². The molecule has 0 radical (unpaired) electrons. The standard InChI is InChI=1S/C22H25BrN4O4S/c1-13-12-14(4-5-15(13)20(30)27-10-8-18(28)24-9-11-27)25-21(31)22(2,3)26-19(29)16-6-7-17(23)32-16/h4-7,12H,8-11H2,1-3H3,(H,24,28)(H,25,31)(H,26,29). The Kier molecular flexibility index (Phi) is 7.35. The van der Waals surface area contributed by atoms with Crippen molar-refractivity contribution in [3.05, 3.63) is 50.1 Å². The van der Waals surface area contributed by atoms with Crippen LogP contribution in [-0.2, 0) is 9.59 Å². The van der Waals surface area contributed by atoms with Crippen molar-refractivity contribution in [3.63, 3.8) is 0 Å². The van der Waals surface area contributed by atoms with Crippen molar-refractivity contribution in [2.24, 2.45) is 0 Å². The smallest absolute Gasteiger partial charge is 0.262 e. The summed E-state index contributed by atoms with van der Waals surface area (Å²) >= 11 is 4.61. The van der Waals surface area contributed by atoms with Crippen molar-refractivity contribution in [1.29, 1.82) is 0 Å². The van der Waals surface area contributed by atoms with Gasteiger partial charge in [-0.25, -0.2) is 0 Å². The number of carbonyl (C=O) groups is 4. The predicted molar refractivity (Wildman–Crippen MR) is 127 cm³/mol. The van der Waals surface area contributed by atoms with Crippen molar-refractivity contribution in [2.75, 3.05) is 25.0 Å². The Labute approximate surface area is 198 Å². The molecule has 4 amide bonds. The summed E-state index contributed by atoms with van der Waals surface area (Å²) in [7, 11) is 0. The van der Waals surface area contributed by atoms with Gasteiger partial charge in [-0.2, -0.15) is 0 Å². The number of amides is 4. The highest BCUT2D eigenvalue weighted by molar-refractivity contribution is 9.11. The molecule has 1 aromatic heterocycles. The van der Waals surface area contributed by atoms with Crippen LogP contribution in [-0.4, -0.2) is 53.7 Å². The van der Waals surface area contributed by atoms with Gasteiger partial charge < -0.3 is 20.9 Å². The number of aryl methyl sites for hydroxylation is 1. The zero-order chi connectivity index (χ0) is 23.5. The van der Waals surface area contributed by atoms with Gasteiger partial charge in [0, 0.05) is 37.3 Å². The molecule has 3 rings (SSSR count). The van der Waals surface area contributed by atoms with Crippen LogP contribution in [0.3, 0.4) is 0 Å². The molecule has 0 aliphatic carbocycles. The first-order valence-electron chi connectivity index (χ1n) is 10.1. The van der Waals surface area contributed by atoms with Gasteiger partial charge in [0.05, 0.1) is 8.66 Å². The molecule has 1 aromatic carbocycles. The fourth-order valence-electron chi connectivity index (χ4n) is 3.25. The van der Waals surface area contributed by atoms with Crippen molar-refractivity contribution in [2.45, 2.75) is 32.7 Å². The molecule has 32 heavy (non-hydrogen) atoms. The maximum absolute atomic E-state index is 12.9. The first kappa shape index (κ1) is 23.9. The topological polar surface area (TPSA) is 108 Å². The first-order chi connectivity index (χ1) is 15.1. The van der Waals surface area contributed by atoms with E-state index in [2.05, 4.69) is 31.9 Å². The molecule has 10 heteroatoms. The Morgan fingerprint density at radius 2 is 1.91 bits per heavy atom. The van der Waals surface area contributed by atoms with E-state index in [4.69, 9.17) is 0 Å². The van der Waals surface area contributed by atoms with E-state index >= 15 is 0 Å². The van der Waals surface area contributed by atoms with Crippen LogP contribution in [0.4, 0.5) is 5.69 Å². The minimum absolute atomic E-state index is 0.0588. The molecule has 0 unspecified atom stereocenters. The van der Waals surface area contributed by atoms with Crippen molar-refractivity contribution >= 4 is 56.6 Å². The lowest BCUT2D eigenvalue weighted by molar-refractivity contribution is -0.121. The van der Waals surface area contributed by atoms with E-state index in [0.29, 0.717) is 41.3 Å². The zero-order valence-corrected chi connectivity index (χ0v) is 20.5. The lowest BCUT2D eigenvalue weighted by Gasteiger charge is -2.25. The largest absolute Gasteiger partial charge is 0.354 e. The van der Waals surface area contributed by atoms with Gasteiger partial charge in [0.2, 0.25) is 11.8 Å². The lowest BCUT2D eigenvalue weighted by atomic mass is 10.0. The minimum atomic E-state index is -1.15. The number of hydrogen-bond donors (Lipinski definition) is 3. The fourth-order valence-corrected chi connectivity index (χ4v) is 4.53. The summed E-state index contributed by atoms with van der Waals surface area (Å²) in [6, 6.07) is 8.52. The SMILES string of the molecule is Cc1cc(NC(=O)C(C)(C)NC(=O)c2ccc(Br)s2)ccc1C(=O)N1CCNC(=O)CC1. The molecular weight excluding hydrogens is 496 g/mol. The number of benzene rings is 1. The number of anilines is 1. The van der Waals surface area contributed by atoms with E-state index in [-0.39, 0.29) is 30.0 Å². The second-order valence-electron chi connectivity index (χ2n) is 8.06. The molecular formula is C22H25BrN4O4S. The van der Waals surface area contributed by atoms with E-state index in [0.717, 1.165) is 3.79 Å². The van der Waals surface area contributed by atoms with Gasteiger partial charge in [0.15, 0.2) is 0 Å². The van der Waals surface area contributed by atoms with Crippen LogP contribution in [0.2, 0.25) is 0 Å². The number of halogens is 1. The van der Waals surface area contributed by atoms with Gasteiger partial charge >= 0.3 is 0 Å². The van der Waals surface area contributed by atoms with E-state index in [1.807, 2.05) is 0 Å². The Morgan fingerprint density at radius 3 is 2.56 bits per heavy atom. The van der Waals surface area contributed by atoms with Crippen LogP contribution in [0.5, 0.6) is 0 Å². The third-order valence-electron chi connectivity index (χ3n) is 5.11. The van der Waals surface area contributed by atoms with Crippen LogP contribution in [0, 0.1) is 6.92 Å². The number of nitrogens with one attached hydrogen (secondary N) is 3. The van der Waals surface area contributed by atoms with Crippen LogP contribution in [0.1, 0.15) is 45.9 Å². The highest BCUT2D eigenvalue weighted by atomic mass is 79.9. The Bertz CT molecular complexity index is 1070. The van der Waals surface area contributed by atoms with Crippen LogP contribution in [0.25, 0.3) is 0 Å². The summed E-state index contributed by atoms with van der Waals surface area (Å²) in [5, 5.41) is 8.31. The molecule has 0 bridgehead atoms. The first-order valence-corrected chi connectivity index (χ1v) is 11.7. The Hall–Kier alpha value is -2.72. The van der Waals surface area contributed by atoms with Crippen molar-refractivity contribution in [3.8, 4) is 0 Å². The second-order valence-corrected chi connectivity index (χ2v) is 10.5. The van der Waals surface area contributed by atoms with Crippen LogP contribution in [0.15, 0.2) is 34.1 Å². The molecule has 2 heterocycles. The molecule has 0 spiro atoms. The number of rotatable bonds is 5. The quantitative estimate of drug-likeness (QED) is 0.563. The molecule has 1 saturated heterocycles. The van der Waals surface area contributed by atoms with Gasteiger partial charge in [-0.1, -0.05) is 0 Å². The molecule has 1 aliphatic rings. The number of thiophene rings is 1. The molecule has 0 atom stereocenters. The Morgan fingerprint density at radius 1 is 1.16 bits per heavy atom. The van der Waals surface area contributed by atoms with Crippen molar-refractivity contribution < 1.29 is 19.2 Å². The normalized spacial score (nSPS) is 14.4. The minimum Gasteiger partial charge on any atom is -0.354 e. The van der Waals surface area contributed by atoms with Gasteiger partial charge in [-0.3, -0.25) is 19.2 Å². The monoisotopic (exact) mass is 520 g/mol. The average molecular weight is 521 g/mol. The highest BCUT2D eigenvalue weighted by Crippen LogP contribution is 2.23. The number of carbonyl (C=O) groups excluding carboxylic acids is 4. The van der Waals surface area contributed by atoms with Gasteiger partial charge in [-0.05, 0) is 72.6 Å². The summed E-state index contributed by atoms with van der Waals surface area (Å²) in [4.78, 5) is 51.8. The summed E-state index contributed by atoms with van der Waals surface area (Å²) < 4.78 is 0.832. The molecule has 3 N–H and O–H groups in total. The highest BCUT2D eigenvalue weighted by Gasteiger charge is 2.30. The van der Waals surface area contributed by atoms with Gasteiger partial charge in [-0.15, -0.1) is 11.3 Å². The molecule has 170 valence electrons. The summed E-state index contributed by atoms with van der Waals surface area (Å²) in [6.45, 7) is 6.31. The van der Waals surface area contributed by atoms with Crippen molar-refractivity contribution in [1.82, 2.24) is 15.5 Å².